The Labute approximate surface area is 152 Å². The van der Waals surface area contributed by atoms with E-state index in [1.165, 1.54) is 32.8 Å². The van der Waals surface area contributed by atoms with Crippen LogP contribution in [0.15, 0.2) is 41.8 Å². The number of hydrogen-bond donors (Lipinski definition) is 1. The zero-order valence-electron chi connectivity index (χ0n) is 14.6. The van der Waals surface area contributed by atoms with E-state index in [1.54, 1.807) is 25.2 Å². The van der Waals surface area contributed by atoms with Crippen LogP contribution in [0.1, 0.15) is 5.56 Å². The second-order valence-electron chi connectivity index (χ2n) is 5.99. The lowest BCUT2D eigenvalue weighted by atomic mass is 10.2. The maximum Gasteiger partial charge on any atom is 0.264 e. The number of carbonyl (C=O) groups excluding carboxylic acids is 1. The molecule has 136 valence electrons. The summed E-state index contributed by atoms with van der Waals surface area (Å²) in [5.74, 6) is -0.336. The number of rotatable bonds is 4. The third kappa shape index (κ3) is 3.05. The minimum atomic E-state index is -0.336. The van der Waals surface area contributed by atoms with Gasteiger partial charge in [-0.15, -0.1) is 5.10 Å². The highest BCUT2D eigenvalue weighted by atomic mass is 16.2. The minimum Gasteiger partial charge on any atom is -0.325 e. The highest BCUT2D eigenvalue weighted by Crippen LogP contribution is 2.17. The summed E-state index contributed by atoms with van der Waals surface area (Å²) in [5, 5.41) is 18.2. The normalized spacial score (nSPS) is 11.0. The summed E-state index contributed by atoms with van der Waals surface area (Å²) in [7, 11) is 1.70. The summed E-state index contributed by atoms with van der Waals surface area (Å²) in [6.45, 7) is 1.74. The first-order valence-electron chi connectivity index (χ1n) is 8.04. The molecule has 0 bridgehead atoms. The van der Waals surface area contributed by atoms with Crippen molar-refractivity contribution in [3.8, 4) is 5.69 Å². The Kier molecular flexibility index (Phi) is 3.95. The van der Waals surface area contributed by atoms with Crippen LogP contribution in [0.25, 0.3) is 16.7 Å². The van der Waals surface area contributed by atoms with Gasteiger partial charge >= 0.3 is 0 Å². The van der Waals surface area contributed by atoms with Crippen LogP contribution in [0.5, 0.6) is 0 Å². The van der Waals surface area contributed by atoms with Crippen molar-refractivity contribution in [2.75, 3.05) is 5.32 Å². The monoisotopic (exact) mass is 365 g/mol. The van der Waals surface area contributed by atoms with Crippen LogP contribution in [0, 0.1) is 6.92 Å². The largest absolute Gasteiger partial charge is 0.325 e. The first kappa shape index (κ1) is 16.6. The molecule has 4 aromatic rings. The van der Waals surface area contributed by atoms with Crippen molar-refractivity contribution in [2.45, 2.75) is 13.5 Å². The van der Waals surface area contributed by atoms with Crippen LogP contribution >= 0.6 is 0 Å². The lowest BCUT2D eigenvalue weighted by molar-refractivity contribution is -0.116. The zero-order chi connectivity index (χ0) is 19.0. The number of benzene rings is 1. The third-order valence-corrected chi connectivity index (χ3v) is 4.11. The molecule has 0 radical (unpaired) electrons. The van der Waals surface area contributed by atoms with Crippen LogP contribution in [0.3, 0.4) is 0 Å². The van der Waals surface area contributed by atoms with E-state index in [4.69, 9.17) is 0 Å². The molecule has 0 aliphatic rings. The number of aromatic nitrogens is 8. The van der Waals surface area contributed by atoms with Crippen molar-refractivity contribution in [3.63, 3.8) is 0 Å². The minimum absolute atomic E-state index is 0.148. The smallest absolute Gasteiger partial charge is 0.264 e. The lowest BCUT2D eigenvalue weighted by Crippen LogP contribution is -2.27. The second-order valence-corrected chi connectivity index (χ2v) is 5.99. The quantitative estimate of drug-likeness (QED) is 0.542. The van der Waals surface area contributed by atoms with Crippen LogP contribution in [-0.4, -0.2) is 45.4 Å². The van der Waals surface area contributed by atoms with E-state index in [1.807, 2.05) is 6.92 Å². The molecule has 0 spiro atoms. The van der Waals surface area contributed by atoms with E-state index < -0.39 is 0 Å². The van der Waals surface area contributed by atoms with Crippen LogP contribution < -0.4 is 10.9 Å². The van der Waals surface area contributed by atoms with Gasteiger partial charge in [0.2, 0.25) is 5.91 Å². The van der Waals surface area contributed by atoms with E-state index in [9.17, 15) is 9.59 Å². The summed E-state index contributed by atoms with van der Waals surface area (Å²) in [5.41, 5.74) is 2.47. The van der Waals surface area contributed by atoms with Gasteiger partial charge in [0, 0.05) is 12.7 Å². The fourth-order valence-corrected chi connectivity index (χ4v) is 2.80. The van der Waals surface area contributed by atoms with E-state index in [0.717, 1.165) is 11.3 Å². The summed E-state index contributed by atoms with van der Waals surface area (Å²) in [6.07, 6.45) is 4.28. The molecular formula is C16H15N9O2. The van der Waals surface area contributed by atoms with Crippen molar-refractivity contribution in [3.05, 3.63) is 53.0 Å². The molecule has 0 unspecified atom stereocenters. The van der Waals surface area contributed by atoms with Gasteiger partial charge in [0.25, 0.3) is 5.56 Å². The average Bonchev–Trinajstić information content (AvgIpc) is 3.28. The highest BCUT2D eigenvalue weighted by Gasteiger charge is 2.12. The van der Waals surface area contributed by atoms with Gasteiger partial charge in [0.1, 0.15) is 24.6 Å². The molecule has 0 atom stereocenters. The standard InChI is InChI=1S/C16H15N9O2/c1-10-5-11(3-4-13(10)25-9-18-21-22-25)20-14(26)7-24-8-17-15-12(16(24)27)6-19-23(15)2/h3-6,8-9H,7H2,1-2H3,(H,20,26). The molecule has 0 fully saturated rings. The van der Waals surface area contributed by atoms with E-state index in [-0.39, 0.29) is 18.0 Å². The Bertz CT molecular complexity index is 1190. The molecule has 0 aliphatic heterocycles. The first-order valence-corrected chi connectivity index (χ1v) is 8.04. The van der Waals surface area contributed by atoms with Crippen molar-refractivity contribution >= 4 is 22.6 Å². The molecule has 0 aliphatic carbocycles. The molecule has 3 heterocycles. The predicted octanol–water partition coefficient (Wildman–Crippen LogP) is 0.0528. The number of nitrogens with one attached hydrogen (secondary N) is 1. The molecule has 11 nitrogen and oxygen atoms in total. The third-order valence-electron chi connectivity index (χ3n) is 4.11. The molecule has 27 heavy (non-hydrogen) atoms. The zero-order valence-corrected chi connectivity index (χ0v) is 14.6. The maximum absolute atomic E-state index is 12.4. The first-order chi connectivity index (χ1) is 13.0. The molecule has 4 rings (SSSR count). The SMILES string of the molecule is Cc1cc(NC(=O)Cn2cnc3c(cnn3C)c2=O)ccc1-n1cnnn1. The lowest BCUT2D eigenvalue weighted by Gasteiger charge is -2.10. The number of anilines is 1. The Morgan fingerprint density at radius 2 is 2.11 bits per heavy atom. The maximum atomic E-state index is 12.4. The van der Waals surface area contributed by atoms with E-state index >= 15 is 0 Å². The summed E-state index contributed by atoms with van der Waals surface area (Å²) in [4.78, 5) is 28.9. The number of hydrogen-bond acceptors (Lipinski definition) is 7. The van der Waals surface area contributed by atoms with Crippen molar-refractivity contribution in [1.29, 1.82) is 0 Å². The molecular weight excluding hydrogens is 350 g/mol. The average molecular weight is 365 g/mol. The van der Waals surface area contributed by atoms with Gasteiger partial charge in [-0.3, -0.25) is 18.8 Å². The van der Waals surface area contributed by atoms with Crippen LogP contribution in [0.4, 0.5) is 5.69 Å². The summed E-state index contributed by atoms with van der Waals surface area (Å²) in [6, 6.07) is 5.35. The van der Waals surface area contributed by atoms with Gasteiger partial charge in [-0.2, -0.15) is 5.10 Å². The fourth-order valence-electron chi connectivity index (χ4n) is 2.80. The van der Waals surface area contributed by atoms with E-state index in [0.29, 0.717) is 16.7 Å². The van der Waals surface area contributed by atoms with Gasteiger partial charge in [-0.1, -0.05) is 0 Å². The Morgan fingerprint density at radius 3 is 2.85 bits per heavy atom. The molecule has 1 N–H and O–H groups in total. The topological polar surface area (TPSA) is 125 Å². The second kappa shape index (κ2) is 6.44. The molecule has 3 aromatic heterocycles. The van der Waals surface area contributed by atoms with Gasteiger partial charge in [-0.05, 0) is 41.1 Å². The highest BCUT2D eigenvalue weighted by molar-refractivity contribution is 5.91. The Hall–Kier alpha value is -3.89. The van der Waals surface area contributed by atoms with Crippen molar-refractivity contribution in [2.24, 2.45) is 7.05 Å². The Balaban J connectivity index is 1.52. The number of amides is 1. The summed E-state index contributed by atoms with van der Waals surface area (Å²) < 4.78 is 4.30. The fraction of sp³-hybridized carbons (Fsp3) is 0.188. The number of carbonyl (C=O) groups is 1. The number of nitrogens with zero attached hydrogens (tertiary/aromatic N) is 8. The van der Waals surface area contributed by atoms with E-state index in [2.05, 4.69) is 30.9 Å². The van der Waals surface area contributed by atoms with Crippen molar-refractivity contribution < 1.29 is 4.79 Å². The predicted molar refractivity (Wildman–Crippen MR) is 95.3 cm³/mol. The Morgan fingerprint density at radius 1 is 1.26 bits per heavy atom. The van der Waals surface area contributed by atoms with Gasteiger partial charge in [0.05, 0.1) is 11.9 Å². The molecule has 0 saturated heterocycles. The number of aryl methyl sites for hydroxylation is 2. The molecule has 1 amide bonds. The summed E-state index contributed by atoms with van der Waals surface area (Å²) >= 11 is 0. The molecule has 0 saturated carbocycles. The van der Waals surface area contributed by atoms with Crippen molar-refractivity contribution in [1.82, 2.24) is 39.5 Å². The molecule has 11 heteroatoms. The number of tetrazole rings is 1. The van der Waals surface area contributed by atoms with Crippen LogP contribution in [-0.2, 0) is 18.4 Å². The van der Waals surface area contributed by atoms with Gasteiger partial charge in [-0.25, -0.2) is 9.67 Å². The van der Waals surface area contributed by atoms with Crippen LogP contribution in [0.2, 0.25) is 0 Å². The molecule has 1 aromatic carbocycles. The van der Waals surface area contributed by atoms with Gasteiger partial charge < -0.3 is 5.32 Å². The number of fused-ring (bicyclic) bond motifs is 1. The van der Waals surface area contributed by atoms with Gasteiger partial charge in [0.15, 0.2) is 5.65 Å².